The summed E-state index contributed by atoms with van der Waals surface area (Å²) >= 11 is 0. The highest BCUT2D eigenvalue weighted by atomic mass is 16.5. The second kappa shape index (κ2) is 8.65. The van der Waals surface area contributed by atoms with Crippen molar-refractivity contribution in [3.05, 3.63) is 65.4 Å². The molecule has 28 heavy (non-hydrogen) atoms. The van der Waals surface area contributed by atoms with Gasteiger partial charge in [-0.2, -0.15) is 0 Å². The van der Waals surface area contributed by atoms with Gasteiger partial charge in [-0.1, -0.05) is 37.6 Å². The van der Waals surface area contributed by atoms with Gasteiger partial charge in [-0.05, 0) is 43.5 Å². The lowest BCUT2D eigenvalue weighted by atomic mass is 9.96. The Balaban J connectivity index is 2.01. The van der Waals surface area contributed by atoms with Crippen molar-refractivity contribution in [2.75, 3.05) is 5.32 Å². The molecule has 0 saturated carbocycles. The summed E-state index contributed by atoms with van der Waals surface area (Å²) in [5.74, 6) is -0.223. The predicted octanol–water partition coefficient (Wildman–Crippen LogP) is 5.06. The summed E-state index contributed by atoms with van der Waals surface area (Å²) in [5.41, 5.74) is 3.56. The molecule has 5 nitrogen and oxygen atoms in total. The summed E-state index contributed by atoms with van der Waals surface area (Å²) in [4.78, 5) is 29.0. The Bertz CT molecular complexity index is 1020. The van der Waals surface area contributed by atoms with Gasteiger partial charge in [0.2, 0.25) is 0 Å². The monoisotopic (exact) mass is 376 g/mol. The number of fused-ring (bicyclic) bond motifs is 1. The van der Waals surface area contributed by atoms with Crippen LogP contribution in [-0.4, -0.2) is 16.9 Å². The van der Waals surface area contributed by atoms with Gasteiger partial charge in [0, 0.05) is 29.6 Å². The van der Waals surface area contributed by atoms with Crippen molar-refractivity contribution >= 4 is 28.5 Å². The molecule has 1 aromatic heterocycles. The van der Waals surface area contributed by atoms with E-state index in [-0.39, 0.29) is 5.91 Å². The summed E-state index contributed by atoms with van der Waals surface area (Å²) in [6.07, 6.45) is 4.49. The third-order valence-electron chi connectivity index (χ3n) is 4.66. The fraction of sp³-hybridized carbons (Fsp3) is 0.261. The van der Waals surface area contributed by atoms with Crippen LogP contribution in [0.4, 0.5) is 5.69 Å². The lowest BCUT2D eigenvalue weighted by Crippen LogP contribution is -2.17. The molecule has 0 aliphatic rings. The number of para-hydroxylation sites is 1. The van der Waals surface area contributed by atoms with E-state index in [1.54, 1.807) is 12.3 Å². The number of ether oxygens (including phenoxy) is 1. The van der Waals surface area contributed by atoms with Crippen molar-refractivity contribution in [3.63, 3.8) is 0 Å². The van der Waals surface area contributed by atoms with E-state index in [1.165, 1.54) is 6.92 Å². The van der Waals surface area contributed by atoms with Crippen molar-refractivity contribution in [2.24, 2.45) is 0 Å². The number of carbonyl (C=O) groups is 2. The number of esters is 1. The molecular weight excluding hydrogens is 352 g/mol. The number of benzene rings is 2. The van der Waals surface area contributed by atoms with Gasteiger partial charge < -0.3 is 10.1 Å². The van der Waals surface area contributed by atoms with E-state index in [9.17, 15) is 9.59 Å². The number of rotatable bonds is 6. The minimum atomic E-state index is -0.408. The molecule has 0 aliphatic heterocycles. The zero-order valence-electron chi connectivity index (χ0n) is 16.4. The van der Waals surface area contributed by atoms with Crippen LogP contribution in [0, 0.1) is 6.92 Å². The highest BCUT2D eigenvalue weighted by Crippen LogP contribution is 2.28. The van der Waals surface area contributed by atoms with Crippen molar-refractivity contribution in [3.8, 4) is 5.75 Å². The fourth-order valence-corrected chi connectivity index (χ4v) is 3.30. The number of hydrogen-bond acceptors (Lipinski definition) is 4. The van der Waals surface area contributed by atoms with Gasteiger partial charge in [0.15, 0.2) is 0 Å². The number of nitrogens with zero attached hydrogens (tertiary/aromatic N) is 1. The second-order valence-corrected chi connectivity index (χ2v) is 6.75. The summed E-state index contributed by atoms with van der Waals surface area (Å²) < 4.78 is 5.28. The van der Waals surface area contributed by atoms with Gasteiger partial charge in [-0.3, -0.25) is 14.6 Å². The minimum Gasteiger partial charge on any atom is -0.426 e. The zero-order chi connectivity index (χ0) is 20.1. The van der Waals surface area contributed by atoms with Gasteiger partial charge in [-0.15, -0.1) is 0 Å². The summed E-state index contributed by atoms with van der Waals surface area (Å²) in [5, 5.41) is 3.95. The number of aromatic nitrogens is 1. The molecule has 5 heteroatoms. The molecule has 0 aliphatic carbocycles. The Morgan fingerprint density at radius 2 is 1.89 bits per heavy atom. The molecule has 0 atom stereocenters. The number of amides is 1. The van der Waals surface area contributed by atoms with Crippen LogP contribution < -0.4 is 10.1 Å². The van der Waals surface area contributed by atoms with Crippen LogP contribution in [0.3, 0.4) is 0 Å². The van der Waals surface area contributed by atoms with E-state index in [1.807, 2.05) is 43.3 Å². The average Bonchev–Trinajstić information content (AvgIpc) is 2.68. The van der Waals surface area contributed by atoms with Crippen LogP contribution in [0.2, 0.25) is 0 Å². The van der Waals surface area contributed by atoms with Crippen LogP contribution in [0.5, 0.6) is 5.75 Å². The van der Waals surface area contributed by atoms with Crippen molar-refractivity contribution in [2.45, 2.75) is 40.0 Å². The second-order valence-electron chi connectivity index (χ2n) is 6.75. The molecule has 1 heterocycles. The Hall–Kier alpha value is -3.21. The number of unbranched alkanes of at least 4 members (excludes halogenated alkanes) is 1. The molecule has 3 rings (SSSR count). The smallest absolute Gasteiger partial charge is 0.308 e. The molecule has 144 valence electrons. The quantitative estimate of drug-likeness (QED) is 0.482. The lowest BCUT2D eigenvalue weighted by molar-refractivity contribution is -0.131. The molecule has 0 radical (unpaired) electrons. The first-order valence-electron chi connectivity index (χ1n) is 9.47. The van der Waals surface area contributed by atoms with E-state index in [2.05, 4.69) is 17.2 Å². The topological polar surface area (TPSA) is 68.3 Å². The highest BCUT2D eigenvalue weighted by molar-refractivity contribution is 6.10. The summed E-state index contributed by atoms with van der Waals surface area (Å²) in [6.45, 7) is 5.28. The normalized spacial score (nSPS) is 10.7. The lowest BCUT2D eigenvalue weighted by Gasteiger charge is -2.16. The van der Waals surface area contributed by atoms with Gasteiger partial charge in [0.25, 0.3) is 5.91 Å². The molecule has 1 N–H and O–H groups in total. The molecule has 0 spiro atoms. The van der Waals surface area contributed by atoms with Crippen LogP contribution in [0.25, 0.3) is 10.9 Å². The highest BCUT2D eigenvalue weighted by Gasteiger charge is 2.19. The third-order valence-corrected chi connectivity index (χ3v) is 4.66. The van der Waals surface area contributed by atoms with Crippen LogP contribution in [0.1, 0.15) is 48.2 Å². The minimum absolute atomic E-state index is 0.226. The SMILES string of the molecule is CCCCc1ccc(OC(C)=O)c(C)c1C(=O)Nc1cccc2cccnc12. The van der Waals surface area contributed by atoms with E-state index < -0.39 is 5.97 Å². The van der Waals surface area contributed by atoms with Gasteiger partial charge in [0.1, 0.15) is 5.75 Å². The van der Waals surface area contributed by atoms with Gasteiger partial charge >= 0.3 is 5.97 Å². The number of carbonyl (C=O) groups excluding carboxylic acids is 2. The molecule has 1 amide bonds. The van der Waals surface area contributed by atoms with Crippen molar-refractivity contribution in [1.29, 1.82) is 0 Å². The Morgan fingerprint density at radius 3 is 2.64 bits per heavy atom. The van der Waals surface area contributed by atoms with Crippen LogP contribution in [-0.2, 0) is 11.2 Å². The zero-order valence-corrected chi connectivity index (χ0v) is 16.4. The number of aryl methyl sites for hydroxylation is 1. The fourth-order valence-electron chi connectivity index (χ4n) is 3.30. The number of hydrogen-bond donors (Lipinski definition) is 1. The standard InChI is InChI=1S/C23H24N2O3/c1-4-5-8-17-12-13-20(28-16(3)26)15(2)21(17)23(27)25-19-11-6-9-18-10-7-14-24-22(18)19/h6-7,9-14H,4-5,8H2,1-3H3,(H,25,27). The molecule has 0 saturated heterocycles. The maximum atomic E-state index is 13.2. The largest absolute Gasteiger partial charge is 0.426 e. The third kappa shape index (κ3) is 4.19. The number of nitrogens with one attached hydrogen (secondary N) is 1. The van der Waals surface area contributed by atoms with E-state index >= 15 is 0 Å². The number of pyridine rings is 1. The Labute approximate surface area is 164 Å². The van der Waals surface area contributed by atoms with Crippen LogP contribution in [0.15, 0.2) is 48.7 Å². The molecule has 2 aromatic carbocycles. The molecule has 0 fully saturated rings. The van der Waals surface area contributed by atoms with Gasteiger partial charge in [0.05, 0.1) is 11.2 Å². The van der Waals surface area contributed by atoms with Crippen molar-refractivity contribution in [1.82, 2.24) is 4.98 Å². The summed E-state index contributed by atoms with van der Waals surface area (Å²) in [7, 11) is 0. The number of anilines is 1. The molecular formula is C23H24N2O3. The Kier molecular flexibility index (Phi) is 6.04. The predicted molar refractivity (Wildman–Crippen MR) is 111 cm³/mol. The van der Waals surface area contributed by atoms with Crippen LogP contribution >= 0.6 is 0 Å². The van der Waals surface area contributed by atoms with Crippen molar-refractivity contribution < 1.29 is 14.3 Å². The first-order valence-corrected chi connectivity index (χ1v) is 9.47. The summed E-state index contributed by atoms with van der Waals surface area (Å²) in [6, 6.07) is 13.1. The first-order chi connectivity index (χ1) is 13.5. The Morgan fingerprint density at radius 1 is 1.11 bits per heavy atom. The maximum Gasteiger partial charge on any atom is 0.308 e. The molecule has 0 bridgehead atoms. The molecule has 0 unspecified atom stereocenters. The van der Waals surface area contributed by atoms with E-state index in [0.29, 0.717) is 22.6 Å². The van der Waals surface area contributed by atoms with Gasteiger partial charge in [-0.25, -0.2) is 0 Å². The average molecular weight is 376 g/mol. The maximum absolute atomic E-state index is 13.2. The van der Waals surface area contributed by atoms with E-state index in [0.717, 1.165) is 35.7 Å². The molecule has 3 aromatic rings. The van der Waals surface area contributed by atoms with E-state index in [4.69, 9.17) is 4.74 Å². The first kappa shape index (κ1) is 19.5.